The van der Waals surface area contributed by atoms with Gasteiger partial charge in [-0.05, 0) is 12.1 Å². The number of hydrogen-bond donors (Lipinski definition) is 0. The van der Waals surface area contributed by atoms with E-state index in [0.717, 1.165) is 21.2 Å². The molecule has 2 nitrogen and oxygen atoms in total. The fourth-order valence-electron chi connectivity index (χ4n) is 1.65. The van der Waals surface area contributed by atoms with Crippen molar-refractivity contribution in [2.45, 2.75) is 9.79 Å². The third-order valence-corrected chi connectivity index (χ3v) is 3.38. The van der Waals surface area contributed by atoms with Gasteiger partial charge in [-0.25, -0.2) is 0 Å². The van der Waals surface area contributed by atoms with Crippen LogP contribution in [-0.4, -0.2) is 28.2 Å². The van der Waals surface area contributed by atoms with Gasteiger partial charge < -0.3 is 35.1 Å². The van der Waals surface area contributed by atoms with Crippen LogP contribution in [0.3, 0.4) is 0 Å². The number of para-hydroxylation sites is 2. The van der Waals surface area contributed by atoms with Crippen LogP contribution in [0.15, 0.2) is 58.3 Å². The molecule has 124 valence electrons. The molecule has 0 fully saturated rings. The average molecular weight is 467 g/mol. The molecule has 0 aromatic heterocycles. The van der Waals surface area contributed by atoms with Crippen molar-refractivity contribution in [3.8, 4) is 0 Å². The summed E-state index contributed by atoms with van der Waals surface area (Å²) in [6.45, 7) is 0. The van der Waals surface area contributed by atoms with Crippen LogP contribution >= 0.6 is 17.0 Å². The maximum absolute atomic E-state index is 5.09. The van der Waals surface area contributed by atoms with Crippen molar-refractivity contribution in [1.82, 2.24) is 0 Å². The van der Waals surface area contributed by atoms with Crippen LogP contribution in [0, 0.1) is 0 Å². The van der Waals surface area contributed by atoms with Crippen molar-refractivity contribution in [1.29, 1.82) is 0 Å². The van der Waals surface area contributed by atoms with Gasteiger partial charge in [-0.3, -0.25) is 0 Å². The van der Waals surface area contributed by atoms with Gasteiger partial charge in [0.1, 0.15) is 0 Å². The van der Waals surface area contributed by atoms with Crippen molar-refractivity contribution in [2.24, 2.45) is 0 Å². The van der Waals surface area contributed by atoms with E-state index in [9.17, 15) is 0 Å². The van der Waals surface area contributed by atoms with Gasteiger partial charge in [0.05, 0.1) is 0 Å². The first kappa shape index (κ1) is 22.9. The molecular formula is C16H20Cl2N2S2Zr. The summed E-state index contributed by atoms with van der Waals surface area (Å²) in [6.07, 6.45) is 0. The summed E-state index contributed by atoms with van der Waals surface area (Å²) < 4.78 is 0. The van der Waals surface area contributed by atoms with Gasteiger partial charge in [-0.15, -0.1) is 0 Å². The predicted molar refractivity (Wildman–Crippen MR) is 105 cm³/mol. The first-order valence-electron chi connectivity index (χ1n) is 6.68. The van der Waals surface area contributed by atoms with Crippen LogP contribution < -0.4 is 9.80 Å². The molecule has 0 aliphatic rings. The first-order chi connectivity index (χ1) is 10.8. The van der Waals surface area contributed by atoms with Crippen molar-refractivity contribution in [3.05, 3.63) is 48.5 Å². The van der Waals surface area contributed by atoms with Gasteiger partial charge in [0.15, 0.2) is 0 Å². The zero-order valence-corrected chi connectivity index (χ0v) is 19.2. The predicted octanol–water partition coefficient (Wildman–Crippen LogP) is 4.69. The Morgan fingerprint density at radius 3 is 1.13 bits per heavy atom. The first-order valence-corrected chi connectivity index (χ1v) is 13.8. The second-order valence-electron chi connectivity index (χ2n) is 4.80. The van der Waals surface area contributed by atoms with Crippen LogP contribution in [0.5, 0.6) is 0 Å². The molecule has 0 unspecified atom stereocenters. The van der Waals surface area contributed by atoms with Gasteiger partial charge in [-0.2, -0.15) is 9.79 Å². The number of benzene rings is 2. The molecule has 7 heteroatoms. The van der Waals surface area contributed by atoms with E-state index in [4.69, 9.17) is 42.3 Å². The Kier molecular flexibility index (Phi) is 13.2. The molecule has 2 aromatic rings. The van der Waals surface area contributed by atoms with Crippen LogP contribution in [0.25, 0.3) is 0 Å². The number of halogens is 2. The van der Waals surface area contributed by atoms with Crippen molar-refractivity contribution >= 4 is 53.7 Å². The summed E-state index contributed by atoms with van der Waals surface area (Å²) in [5.41, 5.74) is 2.22. The minimum absolute atomic E-state index is 0.826. The van der Waals surface area contributed by atoms with Crippen molar-refractivity contribution in [3.63, 3.8) is 0 Å². The van der Waals surface area contributed by atoms with E-state index >= 15 is 0 Å². The van der Waals surface area contributed by atoms with Crippen LogP contribution in [0.2, 0.25) is 0 Å². The summed E-state index contributed by atoms with van der Waals surface area (Å²) in [5.74, 6) is 0. The van der Waals surface area contributed by atoms with E-state index in [1.807, 2.05) is 86.5 Å². The molecule has 0 saturated heterocycles. The summed E-state index contributed by atoms with van der Waals surface area (Å²) in [5, 5.41) is 0. The molecule has 0 aliphatic carbocycles. The number of rotatable bonds is 2. The van der Waals surface area contributed by atoms with E-state index < -0.39 is 20.8 Å². The van der Waals surface area contributed by atoms with Crippen LogP contribution in [-0.2, 0) is 46.1 Å². The minimum atomic E-state index is -0.826. The van der Waals surface area contributed by atoms with E-state index in [-0.39, 0.29) is 0 Å². The Labute approximate surface area is 169 Å². The van der Waals surface area contributed by atoms with Crippen molar-refractivity contribution < 1.29 is 20.8 Å². The fourth-order valence-corrected chi connectivity index (χ4v) is 2.31. The summed E-state index contributed by atoms with van der Waals surface area (Å²) in [4.78, 5) is 5.85. The van der Waals surface area contributed by atoms with Gasteiger partial charge in [-0.1, -0.05) is 36.4 Å². The molecule has 0 atom stereocenters. The third kappa shape index (κ3) is 9.73. The van der Waals surface area contributed by atoms with Crippen LogP contribution in [0.4, 0.5) is 11.4 Å². The van der Waals surface area contributed by atoms with Crippen LogP contribution in [0.1, 0.15) is 0 Å². The molecule has 0 amide bonds. The molecule has 2 aromatic carbocycles. The molecule has 2 rings (SSSR count). The second kappa shape index (κ2) is 13.3. The topological polar surface area (TPSA) is 6.48 Å². The van der Waals surface area contributed by atoms with E-state index in [0.29, 0.717) is 0 Å². The zero-order chi connectivity index (χ0) is 17.8. The second-order valence-corrected chi connectivity index (χ2v) is 9.41. The fraction of sp³-hybridized carbons (Fsp3) is 0.250. The van der Waals surface area contributed by atoms with Gasteiger partial charge in [0, 0.05) is 39.6 Å². The Morgan fingerprint density at radius 1 is 0.696 bits per heavy atom. The number of hydrogen-bond acceptors (Lipinski definition) is 4. The van der Waals surface area contributed by atoms with Gasteiger partial charge >= 0.3 is 37.9 Å². The van der Waals surface area contributed by atoms with Gasteiger partial charge in [0.2, 0.25) is 0 Å². The standard InChI is InChI=1S/2C8H11NS.2ClH.Zr/c2*1-9(2)7-5-3-4-6-8(7)10;;;/h2*3-6,10H,1-2H3;2*1H;/q;;;;+4/p-4. The normalized spacial score (nSPS) is 8.61. The molecule has 23 heavy (non-hydrogen) atoms. The summed E-state index contributed by atoms with van der Waals surface area (Å²) in [7, 11) is 17.8. The Morgan fingerprint density at radius 2 is 0.957 bits per heavy atom. The van der Waals surface area contributed by atoms with E-state index in [1.54, 1.807) is 0 Å². The monoisotopic (exact) mass is 464 g/mol. The summed E-state index contributed by atoms with van der Waals surface area (Å²) >= 11 is 9.35. The Balaban J connectivity index is 0.000000360. The number of anilines is 2. The molecule has 0 aliphatic heterocycles. The molecule has 0 heterocycles. The molecule has 0 radical (unpaired) electrons. The molecule has 0 N–H and O–H groups in total. The zero-order valence-electron chi connectivity index (χ0n) is 13.6. The Hall–Kier alpha value is -0.0569. The quantitative estimate of drug-likeness (QED) is 0.592. The maximum atomic E-state index is 5.09. The average Bonchev–Trinajstić information content (AvgIpc) is 2.49. The summed E-state index contributed by atoms with van der Waals surface area (Å²) in [6, 6.07) is 15.8. The Bertz CT molecular complexity index is 520. The van der Waals surface area contributed by atoms with E-state index in [2.05, 4.69) is 0 Å². The molecule has 0 saturated carbocycles. The molecule has 0 spiro atoms. The van der Waals surface area contributed by atoms with E-state index in [1.165, 1.54) is 0 Å². The van der Waals surface area contributed by atoms with Crippen molar-refractivity contribution in [2.75, 3.05) is 38.0 Å². The SMILES string of the molecule is CN(C)c1ccccc1[S-].CN(C)c1ccccc1[S-].[Cl][Zr+2][Cl]. The molecule has 0 bridgehead atoms. The number of nitrogens with zero attached hydrogens (tertiary/aromatic N) is 2. The van der Waals surface area contributed by atoms with Gasteiger partial charge in [0.25, 0.3) is 0 Å². The third-order valence-electron chi connectivity index (χ3n) is 2.69. The molecular weight excluding hydrogens is 446 g/mol.